The summed E-state index contributed by atoms with van der Waals surface area (Å²) >= 11 is 0. The number of halogens is 6. The van der Waals surface area contributed by atoms with Crippen molar-refractivity contribution in [3.05, 3.63) is 65.2 Å². The SMILES string of the molecule is N#C[C@@H](Nc1cccc(C(F)(F)F)c1)c1ccccc1C(F)(F)F. The first-order valence-electron chi connectivity index (χ1n) is 6.62. The molecule has 0 aromatic heterocycles. The highest BCUT2D eigenvalue weighted by Gasteiger charge is 2.35. The summed E-state index contributed by atoms with van der Waals surface area (Å²) in [6, 6.07) is 8.53. The molecular weight excluding hydrogens is 334 g/mol. The Morgan fingerprint density at radius 3 is 2.12 bits per heavy atom. The molecule has 0 heterocycles. The number of benzene rings is 2. The van der Waals surface area contributed by atoms with Gasteiger partial charge in [-0.1, -0.05) is 24.3 Å². The molecule has 1 atom stereocenters. The molecule has 0 spiro atoms. The predicted octanol–water partition coefficient (Wildman–Crippen LogP) is 5.40. The molecule has 2 rings (SSSR count). The zero-order chi connectivity index (χ0) is 18.0. The highest BCUT2D eigenvalue weighted by atomic mass is 19.4. The number of nitrogens with zero attached hydrogens (tertiary/aromatic N) is 1. The van der Waals surface area contributed by atoms with Crippen LogP contribution >= 0.6 is 0 Å². The number of anilines is 1. The molecule has 1 N–H and O–H groups in total. The first-order valence-corrected chi connectivity index (χ1v) is 6.62. The summed E-state index contributed by atoms with van der Waals surface area (Å²) in [4.78, 5) is 0. The van der Waals surface area contributed by atoms with Crippen LogP contribution in [0, 0.1) is 11.3 Å². The van der Waals surface area contributed by atoms with Crippen LogP contribution in [0.3, 0.4) is 0 Å². The van der Waals surface area contributed by atoms with E-state index in [9.17, 15) is 26.3 Å². The molecule has 0 fully saturated rings. The minimum atomic E-state index is -4.68. The maximum absolute atomic E-state index is 13.0. The Morgan fingerprint density at radius 2 is 1.54 bits per heavy atom. The van der Waals surface area contributed by atoms with Crippen molar-refractivity contribution >= 4 is 5.69 Å². The normalized spacial score (nSPS) is 13.2. The molecule has 0 aliphatic heterocycles. The second-order valence-electron chi connectivity index (χ2n) is 4.87. The van der Waals surface area contributed by atoms with Crippen LogP contribution in [-0.4, -0.2) is 0 Å². The van der Waals surface area contributed by atoms with Gasteiger partial charge in [0.05, 0.1) is 17.2 Å². The second-order valence-corrected chi connectivity index (χ2v) is 4.87. The van der Waals surface area contributed by atoms with Gasteiger partial charge in [0.15, 0.2) is 0 Å². The van der Waals surface area contributed by atoms with Crippen LogP contribution in [0.4, 0.5) is 32.0 Å². The molecule has 0 radical (unpaired) electrons. The Balaban J connectivity index is 2.38. The molecule has 8 heteroatoms. The number of hydrogen-bond donors (Lipinski definition) is 1. The van der Waals surface area contributed by atoms with Gasteiger partial charge in [0.2, 0.25) is 0 Å². The highest BCUT2D eigenvalue weighted by molar-refractivity contribution is 5.51. The third kappa shape index (κ3) is 3.98. The van der Waals surface area contributed by atoms with Crippen molar-refractivity contribution in [2.75, 3.05) is 5.32 Å². The van der Waals surface area contributed by atoms with Gasteiger partial charge in [-0.05, 0) is 24.3 Å². The maximum Gasteiger partial charge on any atom is 0.416 e. The number of alkyl halides is 6. The molecule has 126 valence electrons. The van der Waals surface area contributed by atoms with Gasteiger partial charge in [-0.15, -0.1) is 0 Å². The number of rotatable bonds is 3. The van der Waals surface area contributed by atoms with Crippen LogP contribution < -0.4 is 5.32 Å². The lowest BCUT2D eigenvalue weighted by atomic mass is 10.00. The molecule has 24 heavy (non-hydrogen) atoms. The largest absolute Gasteiger partial charge is 0.416 e. The summed E-state index contributed by atoms with van der Waals surface area (Å²) in [7, 11) is 0. The van der Waals surface area contributed by atoms with Crippen LogP contribution in [0.15, 0.2) is 48.5 Å². The summed E-state index contributed by atoms with van der Waals surface area (Å²) in [5.74, 6) is 0. The fourth-order valence-corrected chi connectivity index (χ4v) is 2.14. The molecule has 0 aliphatic carbocycles. The van der Waals surface area contributed by atoms with E-state index in [0.29, 0.717) is 0 Å². The van der Waals surface area contributed by atoms with Gasteiger partial charge in [-0.25, -0.2) is 0 Å². The van der Waals surface area contributed by atoms with E-state index in [1.807, 2.05) is 0 Å². The Hall–Kier alpha value is -2.69. The fourth-order valence-electron chi connectivity index (χ4n) is 2.14. The molecule has 0 unspecified atom stereocenters. The standard InChI is InChI=1S/C16H10F6N2/c17-15(18,19)10-4-3-5-11(8-10)24-14(9-23)12-6-1-2-7-13(12)16(20,21)22/h1-8,14,24H/t14-/m1/s1. The number of hydrogen-bond acceptors (Lipinski definition) is 2. The zero-order valence-corrected chi connectivity index (χ0v) is 11.9. The quantitative estimate of drug-likeness (QED) is 0.757. The first-order chi connectivity index (χ1) is 11.1. The van der Waals surface area contributed by atoms with E-state index < -0.39 is 29.5 Å². The van der Waals surface area contributed by atoms with Crippen LogP contribution in [0.2, 0.25) is 0 Å². The summed E-state index contributed by atoms with van der Waals surface area (Å²) in [6.45, 7) is 0. The van der Waals surface area contributed by atoms with Gasteiger partial charge in [0.25, 0.3) is 0 Å². The van der Waals surface area contributed by atoms with Gasteiger partial charge in [0, 0.05) is 11.3 Å². The number of nitrogens with one attached hydrogen (secondary N) is 1. The van der Waals surface area contributed by atoms with Crippen molar-refractivity contribution in [1.29, 1.82) is 5.26 Å². The van der Waals surface area contributed by atoms with E-state index in [4.69, 9.17) is 5.26 Å². The molecule has 0 bridgehead atoms. The van der Waals surface area contributed by atoms with Crippen molar-refractivity contribution < 1.29 is 26.3 Å². The van der Waals surface area contributed by atoms with E-state index >= 15 is 0 Å². The lowest BCUT2D eigenvalue weighted by molar-refractivity contribution is -0.138. The third-order valence-corrected chi connectivity index (χ3v) is 3.21. The smallest absolute Gasteiger partial charge is 0.366 e. The molecule has 0 aliphatic rings. The van der Waals surface area contributed by atoms with Gasteiger partial charge in [-0.3, -0.25) is 0 Å². The van der Waals surface area contributed by atoms with Gasteiger partial charge in [0.1, 0.15) is 6.04 Å². The van der Waals surface area contributed by atoms with Crippen LogP contribution in [-0.2, 0) is 12.4 Å². The van der Waals surface area contributed by atoms with Crippen molar-refractivity contribution in [2.45, 2.75) is 18.4 Å². The average molecular weight is 344 g/mol. The van der Waals surface area contributed by atoms with E-state index in [0.717, 1.165) is 30.3 Å². The molecule has 0 saturated heterocycles. The zero-order valence-electron chi connectivity index (χ0n) is 11.9. The van der Waals surface area contributed by atoms with Crippen LogP contribution in [0.25, 0.3) is 0 Å². The Bertz CT molecular complexity index is 758. The monoisotopic (exact) mass is 344 g/mol. The third-order valence-electron chi connectivity index (χ3n) is 3.21. The lowest BCUT2D eigenvalue weighted by Gasteiger charge is -2.19. The van der Waals surface area contributed by atoms with E-state index in [-0.39, 0.29) is 11.3 Å². The molecule has 2 aromatic carbocycles. The van der Waals surface area contributed by atoms with E-state index in [1.165, 1.54) is 18.2 Å². The summed E-state index contributed by atoms with van der Waals surface area (Å²) in [6.07, 6.45) is -9.27. The minimum Gasteiger partial charge on any atom is -0.366 e. The van der Waals surface area contributed by atoms with Crippen molar-refractivity contribution in [1.82, 2.24) is 0 Å². The fraction of sp³-hybridized carbons (Fsp3) is 0.188. The predicted molar refractivity (Wildman–Crippen MR) is 74.9 cm³/mol. The van der Waals surface area contributed by atoms with Gasteiger partial charge < -0.3 is 5.32 Å². The van der Waals surface area contributed by atoms with Crippen molar-refractivity contribution in [3.8, 4) is 6.07 Å². The molecule has 0 amide bonds. The highest BCUT2D eigenvalue weighted by Crippen LogP contribution is 2.36. The maximum atomic E-state index is 13.0. The summed E-state index contributed by atoms with van der Waals surface area (Å²) in [5.41, 5.74) is -2.44. The van der Waals surface area contributed by atoms with Crippen molar-refractivity contribution in [2.24, 2.45) is 0 Å². The van der Waals surface area contributed by atoms with E-state index in [2.05, 4.69) is 5.32 Å². The molecular formula is C16H10F6N2. The Kier molecular flexibility index (Phi) is 4.73. The van der Waals surface area contributed by atoms with Crippen LogP contribution in [0.5, 0.6) is 0 Å². The molecule has 2 nitrogen and oxygen atoms in total. The topological polar surface area (TPSA) is 35.8 Å². The first kappa shape index (κ1) is 17.7. The summed E-state index contributed by atoms with van der Waals surface area (Å²) < 4.78 is 77.1. The lowest BCUT2D eigenvalue weighted by Crippen LogP contribution is -2.16. The van der Waals surface area contributed by atoms with Crippen molar-refractivity contribution in [3.63, 3.8) is 0 Å². The Morgan fingerprint density at radius 1 is 0.875 bits per heavy atom. The molecule has 2 aromatic rings. The minimum absolute atomic E-state index is 0.103. The summed E-state index contributed by atoms with van der Waals surface area (Å²) in [5, 5.41) is 11.6. The van der Waals surface area contributed by atoms with Gasteiger partial charge >= 0.3 is 12.4 Å². The van der Waals surface area contributed by atoms with Crippen LogP contribution in [0.1, 0.15) is 22.7 Å². The van der Waals surface area contributed by atoms with Gasteiger partial charge in [-0.2, -0.15) is 31.6 Å². The van der Waals surface area contributed by atoms with E-state index in [1.54, 1.807) is 6.07 Å². The number of nitriles is 1. The second kappa shape index (κ2) is 6.43. The average Bonchev–Trinajstić information content (AvgIpc) is 2.51. The Labute approximate surface area is 133 Å². The molecule has 0 saturated carbocycles.